The molecule has 0 rings (SSSR count). The highest BCUT2D eigenvalue weighted by Crippen LogP contribution is 1.93. The van der Waals surface area contributed by atoms with Crippen LogP contribution >= 0.6 is 11.8 Å². The molecule has 56 valence electrons. The lowest BCUT2D eigenvalue weighted by Gasteiger charge is -1.80. The van der Waals surface area contributed by atoms with Crippen LogP contribution in [0.4, 0.5) is 0 Å². The van der Waals surface area contributed by atoms with Crippen LogP contribution in [0.25, 0.3) is 0 Å². The van der Waals surface area contributed by atoms with E-state index >= 15 is 0 Å². The molecule has 0 heterocycles. The van der Waals surface area contributed by atoms with Gasteiger partial charge in [0, 0.05) is 0 Å². The molecule has 0 saturated heterocycles. The molecule has 0 aliphatic rings. The van der Waals surface area contributed by atoms with E-state index in [2.05, 4.69) is 20.4 Å². The first-order valence-electron chi connectivity index (χ1n) is 3.35. The highest BCUT2D eigenvalue weighted by atomic mass is 32.2. The van der Waals surface area contributed by atoms with Crippen molar-refractivity contribution in [3.63, 3.8) is 0 Å². The van der Waals surface area contributed by atoms with Gasteiger partial charge in [0.2, 0.25) is 0 Å². The molecule has 1 heteroatoms. The van der Waals surface area contributed by atoms with Crippen molar-refractivity contribution in [2.24, 2.45) is 0 Å². The smallest absolute Gasteiger partial charge is 0.00961 e. The molecule has 0 fully saturated rings. The molecule has 0 aromatic rings. The maximum atomic E-state index is 3.56. The van der Waals surface area contributed by atoms with Gasteiger partial charge in [0.1, 0.15) is 0 Å². The summed E-state index contributed by atoms with van der Waals surface area (Å²) in [4.78, 5) is 0. The Bertz CT molecular complexity index is 51.6. The fourth-order valence-corrected chi connectivity index (χ4v) is 0.612. The van der Waals surface area contributed by atoms with E-state index in [1.54, 1.807) is 0 Å². The Labute approximate surface area is 63.7 Å². The molecular formula is C8H18S. The van der Waals surface area contributed by atoms with E-state index in [4.69, 9.17) is 0 Å². The summed E-state index contributed by atoms with van der Waals surface area (Å²) in [5.41, 5.74) is 1.17. The molecule has 0 radical (unpaired) electrons. The molecule has 0 saturated carbocycles. The summed E-state index contributed by atoms with van der Waals surface area (Å²) in [6, 6.07) is 0. The van der Waals surface area contributed by atoms with Crippen LogP contribution in [0.15, 0.2) is 12.2 Å². The van der Waals surface area contributed by atoms with Crippen LogP contribution in [0.3, 0.4) is 0 Å². The minimum Gasteiger partial charge on any atom is -0.163 e. The van der Waals surface area contributed by atoms with Gasteiger partial charge in [-0.2, -0.15) is 11.8 Å². The molecule has 0 spiro atoms. The predicted octanol–water partition coefficient (Wildman–Crippen LogP) is 3.34. The average molecular weight is 146 g/mol. The number of hydrogen-bond acceptors (Lipinski definition) is 1. The highest BCUT2D eigenvalue weighted by molar-refractivity contribution is 7.99. The van der Waals surface area contributed by atoms with Crippen molar-refractivity contribution >= 4 is 11.8 Å². The number of allylic oxidation sites excluding steroid dienone is 1. The number of rotatable bonds is 2. The summed E-state index contributed by atoms with van der Waals surface area (Å²) in [6.07, 6.45) is 0. The minimum absolute atomic E-state index is 1.17. The van der Waals surface area contributed by atoms with Crippen molar-refractivity contribution in [2.75, 3.05) is 11.5 Å². The quantitative estimate of drug-likeness (QED) is 0.538. The monoisotopic (exact) mass is 146 g/mol. The van der Waals surface area contributed by atoms with Crippen molar-refractivity contribution in [1.29, 1.82) is 0 Å². The van der Waals surface area contributed by atoms with Crippen LogP contribution in [0, 0.1) is 0 Å². The van der Waals surface area contributed by atoms with E-state index in [1.807, 2.05) is 25.6 Å². The predicted molar refractivity (Wildman–Crippen MR) is 49.2 cm³/mol. The third kappa shape index (κ3) is 68.7. The summed E-state index contributed by atoms with van der Waals surface area (Å²) in [5, 5.41) is 0. The van der Waals surface area contributed by atoms with Crippen molar-refractivity contribution < 1.29 is 0 Å². The zero-order valence-corrected chi connectivity index (χ0v) is 7.85. The minimum atomic E-state index is 1.17. The van der Waals surface area contributed by atoms with E-state index in [1.165, 1.54) is 17.1 Å². The van der Waals surface area contributed by atoms with E-state index in [-0.39, 0.29) is 0 Å². The van der Waals surface area contributed by atoms with Crippen LogP contribution < -0.4 is 0 Å². The number of hydrogen-bond donors (Lipinski definition) is 0. The summed E-state index contributed by atoms with van der Waals surface area (Å²) < 4.78 is 0. The number of thioether (sulfide) groups is 1. The SMILES string of the molecule is C=C(C)C.CCSCC. The summed E-state index contributed by atoms with van der Waals surface area (Å²) in [5.74, 6) is 2.52. The first-order chi connectivity index (χ1) is 4.15. The molecule has 0 aromatic carbocycles. The second-order valence-electron chi connectivity index (χ2n) is 1.99. The van der Waals surface area contributed by atoms with Crippen molar-refractivity contribution in [2.45, 2.75) is 27.7 Å². The lowest BCUT2D eigenvalue weighted by Crippen LogP contribution is -1.64. The Balaban J connectivity index is 0. The van der Waals surface area contributed by atoms with Gasteiger partial charge in [-0.3, -0.25) is 0 Å². The maximum Gasteiger partial charge on any atom is -0.00961 e. The molecule has 0 bridgehead atoms. The Morgan fingerprint density at radius 3 is 1.44 bits per heavy atom. The molecular weight excluding hydrogens is 128 g/mol. The molecule has 0 aromatic heterocycles. The molecule has 0 aliphatic heterocycles. The van der Waals surface area contributed by atoms with Gasteiger partial charge in [0.15, 0.2) is 0 Å². The molecule has 0 unspecified atom stereocenters. The van der Waals surface area contributed by atoms with Gasteiger partial charge in [0.05, 0.1) is 0 Å². The van der Waals surface area contributed by atoms with Crippen LogP contribution in [0.5, 0.6) is 0 Å². The van der Waals surface area contributed by atoms with E-state index in [0.717, 1.165) is 0 Å². The molecule has 0 N–H and O–H groups in total. The summed E-state index contributed by atoms with van der Waals surface area (Å²) in [6.45, 7) is 11.8. The van der Waals surface area contributed by atoms with Crippen LogP contribution in [-0.4, -0.2) is 11.5 Å². The van der Waals surface area contributed by atoms with Gasteiger partial charge >= 0.3 is 0 Å². The standard InChI is InChI=1S/C4H10S.C4H8/c1-3-5-4-2;1-4(2)3/h3-4H2,1-2H3;1H2,2-3H3. The zero-order valence-electron chi connectivity index (χ0n) is 7.03. The average Bonchev–Trinajstić information content (AvgIpc) is 1.66. The topological polar surface area (TPSA) is 0 Å². The van der Waals surface area contributed by atoms with Gasteiger partial charge < -0.3 is 0 Å². The third-order valence-corrected chi connectivity index (χ3v) is 1.22. The van der Waals surface area contributed by atoms with Crippen molar-refractivity contribution in [3.05, 3.63) is 12.2 Å². The third-order valence-electron chi connectivity index (χ3n) is 0.408. The first kappa shape index (κ1) is 11.8. The van der Waals surface area contributed by atoms with Crippen LogP contribution in [-0.2, 0) is 0 Å². The molecule has 0 nitrogen and oxygen atoms in total. The molecule has 9 heavy (non-hydrogen) atoms. The van der Waals surface area contributed by atoms with Gasteiger partial charge in [-0.05, 0) is 25.4 Å². The summed E-state index contributed by atoms with van der Waals surface area (Å²) in [7, 11) is 0. The Morgan fingerprint density at radius 1 is 1.22 bits per heavy atom. The normalized spacial score (nSPS) is 7.56. The van der Waals surface area contributed by atoms with Gasteiger partial charge in [-0.25, -0.2) is 0 Å². The van der Waals surface area contributed by atoms with E-state index in [9.17, 15) is 0 Å². The molecule has 0 amide bonds. The zero-order chi connectivity index (χ0) is 7.70. The highest BCUT2D eigenvalue weighted by Gasteiger charge is 1.67. The van der Waals surface area contributed by atoms with Gasteiger partial charge in [0.25, 0.3) is 0 Å². The van der Waals surface area contributed by atoms with E-state index < -0.39 is 0 Å². The fraction of sp³-hybridized carbons (Fsp3) is 0.750. The Hall–Kier alpha value is 0.0900. The van der Waals surface area contributed by atoms with E-state index in [0.29, 0.717) is 0 Å². The molecule has 0 atom stereocenters. The van der Waals surface area contributed by atoms with Crippen LogP contribution in [0.2, 0.25) is 0 Å². The Morgan fingerprint density at radius 2 is 1.44 bits per heavy atom. The van der Waals surface area contributed by atoms with Gasteiger partial charge in [-0.15, -0.1) is 6.58 Å². The second-order valence-corrected chi connectivity index (χ2v) is 3.55. The van der Waals surface area contributed by atoms with Crippen molar-refractivity contribution in [1.82, 2.24) is 0 Å². The van der Waals surface area contributed by atoms with Gasteiger partial charge in [-0.1, -0.05) is 19.4 Å². The lowest BCUT2D eigenvalue weighted by molar-refractivity contribution is 1.42. The van der Waals surface area contributed by atoms with Crippen LogP contribution in [0.1, 0.15) is 27.7 Å². The fourth-order valence-electron chi connectivity index (χ4n) is 0.204. The summed E-state index contributed by atoms with van der Waals surface area (Å²) >= 11 is 1.96. The Kier molecular flexibility index (Phi) is 14.4. The molecule has 0 aliphatic carbocycles. The maximum absolute atomic E-state index is 3.56. The lowest BCUT2D eigenvalue weighted by atomic mass is 10.4. The van der Waals surface area contributed by atoms with Crippen molar-refractivity contribution in [3.8, 4) is 0 Å². The largest absolute Gasteiger partial charge is 0.163 e. The first-order valence-corrected chi connectivity index (χ1v) is 4.50. The second kappa shape index (κ2) is 11.0.